The zero-order chi connectivity index (χ0) is 15.2. The van der Waals surface area contributed by atoms with E-state index < -0.39 is 6.03 Å². The van der Waals surface area contributed by atoms with Crippen LogP contribution in [0.2, 0.25) is 0 Å². The van der Waals surface area contributed by atoms with Gasteiger partial charge in [-0.2, -0.15) is 0 Å². The third-order valence-electron chi connectivity index (χ3n) is 4.14. The Morgan fingerprint density at radius 3 is 2.43 bits per heavy atom. The number of urea groups is 1. The van der Waals surface area contributed by atoms with E-state index in [9.17, 15) is 9.59 Å². The number of benzene rings is 1. The van der Waals surface area contributed by atoms with Crippen LogP contribution in [-0.4, -0.2) is 18.4 Å². The maximum atomic E-state index is 12.4. The highest BCUT2D eigenvalue weighted by Crippen LogP contribution is 2.34. The average Bonchev–Trinajstić information content (AvgIpc) is 2.96. The predicted molar refractivity (Wildman–Crippen MR) is 86.1 cm³/mol. The average molecular weight is 353 g/mol. The number of Topliss-reactive ketones (excluding diaryl/α,β-unsaturated/α-hetero) is 1. The molecule has 1 aliphatic rings. The van der Waals surface area contributed by atoms with Crippen molar-refractivity contribution in [2.75, 3.05) is 6.54 Å². The normalized spacial score (nSPS) is 16.6. The number of rotatable bonds is 6. The molecule has 0 spiro atoms. The van der Waals surface area contributed by atoms with Gasteiger partial charge >= 0.3 is 6.03 Å². The van der Waals surface area contributed by atoms with Crippen molar-refractivity contribution in [2.24, 2.45) is 11.7 Å². The van der Waals surface area contributed by atoms with E-state index in [4.69, 9.17) is 5.73 Å². The molecule has 2 rings (SSSR count). The molecule has 1 aromatic carbocycles. The van der Waals surface area contributed by atoms with Crippen molar-refractivity contribution >= 4 is 27.7 Å². The summed E-state index contributed by atoms with van der Waals surface area (Å²) in [5.74, 6) is 0.479. The van der Waals surface area contributed by atoms with Gasteiger partial charge in [-0.3, -0.25) is 4.79 Å². The van der Waals surface area contributed by atoms with Gasteiger partial charge in [0.25, 0.3) is 0 Å². The van der Waals surface area contributed by atoms with Crippen LogP contribution in [0.4, 0.5) is 4.79 Å². The van der Waals surface area contributed by atoms with E-state index in [0.717, 1.165) is 16.5 Å². The highest BCUT2D eigenvalue weighted by Gasteiger charge is 2.26. The maximum absolute atomic E-state index is 12.4. The fourth-order valence-corrected chi connectivity index (χ4v) is 3.29. The van der Waals surface area contributed by atoms with Gasteiger partial charge in [-0.1, -0.05) is 53.7 Å². The van der Waals surface area contributed by atoms with Crippen LogP contribution in [0.3, 0.4) is 0 Å². The van der Waals surface area contributed by atoms with E-state index >= 15 is 0 Å². The minimum Gasteiger partial charge on any atom is -0.352 e. The molecule has 1 aliphatic carbocycles. The highest BCUT2D eigenvalue weighted by atomic mass is 79.9. The largest absolute Gasteiger partial charge is 0.352 e. The summed E-state index contributed by atoms with van der Waals surface area (Å²) >= 11 is 3.41. The number of carbonyl (C=O) groups is 2. The van der Waals surface area contributed by atoms with E-state index in [0.29, 0.717) is 5.92 Å². The summed E-state index contributed by atoms with van der Waals surface area (Å²) in [7, 11) is 0. The Morgan fingerprint density at radius 1 is 1.24 bits per heavy atom. The number of nitrogens with two attached hydrogens (primary N) is 1. The lowest BCUT2D eigenvalue weighted by atomic mass is 9.85. The molecule has 0 bridgehead atoms. The van der Waals surface area contributed by atoms with Gasteiger partial charge in [0.15, 0.2) is 5.78 Å². The lowest BCUT2D eigenvalue weighted by Gasteiger charge is -2.20. The van der Waals surface area contributed by atoms with Crippen molar-refractivity contribution in [3.8, 4) is 0 Å². The van der Waals surface area contributed by atoms with Crippen molar-refractivity contribution < 1.29 is 9.59 Å². The number of carbonyl (C=O) groups excluding carboxylic acids is 2. The van der Waals surface area contributed by atoms with Crippen LogP contribution in [-0.2, 0) is 4.79 Å². The van der Waals surface area contributed by atoms with Gasteiger partial charge in [-0.05, 0) is 30.0 Å². The molecule has 0 heterocycles. The first kappa shape index (κ1) is 16.0. The summed E-state index contributed by atoms with van der Waals surface area (Å²) in [6.45, 7) is 0.00276. The highest BCUT2D eigenvalue weighted by molar-refractivity contribution is 9.10. The first-order valence-corrected chi connectivity index (χ1v) is 8.17. The number of hydrogen-bond donors (Lipinski definition) is 2. The van der Waals surface area contributed by atoms with Crippen molar-refractivity contribution in [1.29, 1.82) is 0 Å². The Morgan fingerprint density at radius 2 is 1.86 bits per heavy atom. The summed E-state index contributed by atoms with van der Waals surface area (Å²) < 4.78 is 0.994. The van der Waals surface area contributed by atoms with Gasteiger partial charge in [-0.25, -0.2) is 4.79 Å². The van der Waals surface area contributed by atoms with Gasteiger partial charge < -0.3 is 11.1 Å². The lowest BCUT2D eigenvalue weighted by Crippen LogP contribution is -2.36. The Bertz CT molecular complexity index is 496. The minimum absolute atomic E-state index is 0.00276. The van der Waals surface area contributed by atoms with Crippen LogP contribution in [0.1, 0.15) is 43.6 Å². The molecular weight excluding hydrogens is 332 g/mol. The first-order valence-electron chi connectivity index (χ1n) is 7.37. The molecular formula is C16H21BrN2O2. The monoisotopic (exact) mass is 352 g/mol. The minimum atomic E-state index is -0.654. The van der Waals surface area contributed by atoms with E-state index in [1.54, 1.807) is 0 Å². The Kier molecular flexibility index (Phi) is 5.79. The van der Waals surface area contributed by atoms with E-state index in [1.165, 1.54) is 25.7 Å². The fraction of sp³-hybridized carbons (Fsp3) is 0.500. The molecule has 4 nitrogen and oxygen atoms in total. The molecule has 21 heavy (non-hydrogen) atoms. The lowest BCUT2D eigenvalue weighted by molar-refractivity contribution is -0.119. The molecule has 5 heteroatoms. The molecule has 1 atom stereocenters. The Hall–Kier alpha value is -1.36. The van der Waals surface area contributed by atoms with Crippen molar-refractivity contribution in [3.63, 3.8) is 0 Å². The quantitative estimate of drug-likeness (QED) is 0.823. The topological polar surface area (TPSA) is 72.2 Å². The smallest absolute Gasteiger partial charge is 0.312 e. The second-order valence-corrected chi connectivity index (χ2v) is 6.59. The predicted octanol–water partition coefficient (Wildman–Crippen LogP) is 3.35. The molecule has 0 aliphatic heterocycles. The van der Waals surface area contributed by atoms with Gasteiger partial charge in [0.05, 0.1) is 6.54 Å². The third kappa shape index (κ3) is 4.84. The third-order valence-corrected chi connectivity index (χ3v) is 4.67. The van der Waals surface area contributed by atoms with Crippen molar-refractivity contribution in [1.82, 2.24) is 5.32 Å². The summed E-state index contributed by atoms with van der Waals surface area (Å²) in [6, 6.07) is 7.20. The Balaban J connectivity index is 2.10. The van der Waals surface area contributed by atoms with Gasteiger partial charge in [-0.15, -0.1) is 0 Å². The van der Waals surface area contributed by atoms with Crippen LogP contribution in [0.5, 0.6) is 0 Å². The van der Waals surface area contributed by atoms with E-state index in [1.807, 2.05) is 24.3 Å². The first-order chi connectivity index (χ1) is 10.1. The molecule has 0 radical (unpaired) electrons. The van der Waals surface area contributed by atoms with E-state index in [2.05, 4.69) is 21.2 Å². The maximum Gasteiger partial charge on any atom is 0.312 e. The second-order valence-electron chi connectivity index (χ2n) is 5.67. The molecule has 2 amide bonds. The molecule has 114 valence electrons. The number of ketones is 1. The van der Waals surface area contributed by atoms with Crippen molar-refractivity contribution in [2.45, 2.75) is 38.0 Å². The molecule has 3 N–H and O–H groups in total. The summed E-state index contributed by atoms with van der Waals surface area (Å²) in [5.41, 5.74) is 6.07. The molecule has 0 saturated heterocycles. The summed E-state index contributed by atoms with van der Waals surface area (Å²) in [5, 5.41) is 2.41. The number of halogens is 1. The molecule has 1 unspecified atom stereocenters. The summed E-state index contributed by atoms with van der Waals surface area (Å²) in [6.07, 6.45) is 5.77. The number of nitrogens with one attached hydrogen (secondary N) is 1. The molecule has 1 aromatic rings. The zero-order valence-electron chi connectivity index (χ0n) is 12.0. The Labute approximate surface area is 133 Å². The van der Waals surface area contributed by atoms with Gasteiger partial charge in [0.1, 0.15) is 0 Å². The van der Waals surface area contributed by atoms with Crippen LogP contribution < -0.4 is 11.1 Å². The standard InChI is InChI=1S/C16H21BrN2O2/c17-13-7-5-12(6-8-13)14(9-11-3-1-2-4-11)15(20)10-19-16(18)21/h5-8,11,14H,1-4,9-10H2,(H3,18,19,21). The summed E-state index contributed by atoms with van der Waals surface area (Å²) in [4.78, 5) is 23.2. The second kappa shape index (κ2) is 7.59. The fourth-order valence-electron chi connectivity index (χ4n) is 3.03. The van der Waals surface area contributed by atoms with Crippen molar-refractivity contribution in [3.05, 3.63) is 34.3 Å². The van der Waals surface area contributed by atoms with Crippen LogP contribution in [0, 0.1) is 5.92 Å². The molecule has 1 fully saturated rings. The van der Waals surface area contributed by atoms with Gasteiger partial charge in [0, 0.05) is 10.4 Å². The van der Waals surface area contributed by atoms with Crippen LogP contribution in [0.15, 0.2) is 28.7 Å². The molecule has 0 aromatic heterocycles. The van der Waals surface area contributed by atoms with Crippen LogP contribution in [0.25, 0.3) is 0 Å². The zero-order valence-corrected chi connectivity index (χ0v) is 13.6. The number of amides is 2. The number of hydrogen-bond acceptors (Lipinski definition) is 2. The van der Waals surface area contributed by atoms with Gasteiger partial charge in [0.2, 0.25) is 0 Å². The molecule has 1 saturated carbocycles. The number of primary amides is 1. The van der Waals surface area contributed by atoms with E-state index in [-0.39, 0.29) is 18.2 Å². The van der Waals surface area contributed by atoms with Crippen LogP contribution >= 0.6 is 15.9 Å². The SMILES string of the molecule is NC(=O)NCC(=O)C(CC1CCCC1)c1ccc(Br)cc1.